The van der Waals surface area contributed by atoms with Crippen molar-refractivity contribution in [3.05, 3.63) is 125 Å². The lowest BCUT2D eigenvalue weighted by Crippen LogP contribution is -2.07. The Bertz CT molecular complexity index is 1200. The van der Waals surface area contributed by atoms with Crippen molar-refractivity contribution in [2.75, 3.05) is 5.32 Å². The lowest BCUT2D eigenvalue weighted by Gasteiger charge is -2.20. The average molecular weight is 435 g/mol. The van der Waals surface area contributed by atoms with Crippen LogP contribution in [0.1, 0.15) is 35.1 Å². The zero-order valence-electron chi connectivity index (χ0n) is 18.5. The van der Waals surface area contributed by atoms with Gasteiger partial charge in [-0.15, -0.1) is 0 Å². The summed E-state index contributed by atoms with van der Waals surface area (Å²) in [5.74, 6) is -0.0440. The highest BCUT2D eigenvalue weighted by atomic mass is 16.5. The highest BCUT2D eigenvalue weighted by Crippen LogP contribution is 2.34. The van der Waals surface area contributed by atoms with Gasteiger partial charge in [0.15, 0.2) is 6.40 Å². The van der Waals surface area contributed by atoms with Gasteiger partial charge in [0.2, 0.25) is 5.91 Å². The average Bonchev–Trinajstić information content (AvgIpc) is 2.85. The Balaban J connectivity index is 1.69. The molecule has 0 aliphatic heterocycles. The Kier molecular flexibility index (Phi) is 6.96. The molecule has 0 saturated carbocycles. The Labute approximate surface area is 194 Å². The van der Waals surface area contributed by atoms with E-state index in [1.165, 1.54) is 23.6 Å². The Morgan fingerprint density at radius 3 is 1.85 bits per heavy atom. The third-order valence-corrected chi connectivity index (χ3v) is 5.56. The van der Waals surface area contributed by atoms with Crippen molar-refractivity contribution in [2.24, 2.45) is 0 Å². The van der Waals surface area contributed by atoms with E-state index in [-0.39, 0.29) is 11.8 Å². The summed E-state index contributed by atoms with van der Waals surface area (Å²) in [6.07, 6.45) is 0.960. The van der Waals surface area contributed by atoms with Gasteiger partial charge in [-0.1, -0.05) is 91.0 Å². The van der Waals surface area contributed by atoms with E-state index in [0.29, 0.717) is 6.61 Å². The number of nitrogens with one attached hydrogen (secondary N) is 2. The minimum atomic E-state index is -0.0847. The van der Waals surface area contributed by atoms with E-state index in [9.17, 15) is 4.79 Å². The number of anilines is 1. The molecule has 2 N–H and O–H groups in total. The molecule has 4 aromatic carbocycles. The Morgan fingerprint density at radius 2 is 1.30 bits per heavy atom. The molecule has 0 bridgehead atoms. The monoisotopic (exact) mass is 434 g/mol. The minimum Gasteiger partial charge on any atom is -0.479 e. The molecule has 4 nitrogen and oxygen atoms in total. The maximum absolute atomic E-state index is 11.4. The molecule has 0 radical (unpaired) electrons. The van der Waals surface area contributed by atoms with Crippen LogP contribution in [0.15, 0.2) is 103 Å². The molecule has 0 spiro atoms. The molecule has 1 atom stereocenters. The molecule has 4 aromatic rings. The van der Waals surface area contributed by atoms with Gasteiger partial charge in [-0.2, -0.15) is 0 Å². The predicted octanol–water partition coefficient (Wildman–Crippen LogP) is 6.62. The maximum atomic E-state index is 11.4. The molecule has 0 saturated heterocycles. The maximum Gasteiger partial charge on any atom is 0.221 e. The molecule has 0 fully saturated rings. The first-order chi connectivity index (χ1) is 16.1. The molecule has 33 heavy (non-hydrogen) atoms. The van der Waals surface area contributed by atoms with E-state index in [0.717, 1.165) is 28.8 Å². The molecule has 0 heterocycles. The van der Waals surface area contributed by atoms with Gasteiger partial charge in [0.25, 0.3) is 0 Å². The molecule has 1 amide bonds. The zero-order chi connectivity index (χ0) is 23.0. The second-order valence-electron chi connectivity index (χ2n) is 7.89. The normalized spacial score (nSPS) is 11.4. The van der Waals surface area contributed by atoms with Crippen LogP contribution in [0.25, 0.3) is 11.1 Å². The van der Waals surface area contributed by atoms with Gasteiger partial charge < -0.3 is 10.1 Å². The largest absolute Gasteiger partial charge is 0.479 e. The highest BCUT2D eigenvalue weighted by Gasteiger charge is 2.17. The SMILES string of the molecule is CC(=O)Nc1ccc(C(c2ccc(COC=N)cc2)c2ccc(-c3ccccc3)cc2)cc1. The summed E-state index contributed by atoms with van der Waals surface area (Å²) in [5.41, 5.74) is 7.65. The van der Waals surface area contributed by atoms with E-state index < -0.39 is 0 Å². The summed E-state index contributed by atoms with van der Waals surface area (Å²) in [6, 6.07) is 35.3. The summed E-state index contributed by atoms with van der Waals surface area (Å²) in [6.45, 7) is 1.89. The molecule has 1 unspecified atom stereocenters. The molecule has 0 aliphatic carbocycles. The first-order valence-electron chi connectivity index (χ1n) is 10.9. The van der Waals surface area contributed by atoms with Gasteiger partial charge in [0.1, 0.15) is 6.61 Å². The van der Waals surface area contributed by atoms with Crippen molar-refractivity contribution < 1.29 is 9.53 Å². The molecular formula is C29H26N2O2. The van der Waals surface area contributed by atoms with Crippen molar-refractivity contribution in [1.29, 1.82) is 5.41 Å². The number of hydrogen-bond donors (Lipinski definition) is 2. The first-order valence-corrected chi connectivity index (χ1v) is 10.9. The van der Waals surface area contributed by atoms with Crippen LogP contribution in [0.5, 0.6) is 0 Å². The molecular weight excluding hydrogens is 408 g/mol. The lowest BCUT2D eigenvalue weighted by molar-refractivity contribution is -0.114. The topological polar surface area (TPSA) is 62.2 Å². The van der Waals surface area contributed by atoms with Gasteiger partial charge in [-0.05, 0) is 45.5 Å². The number of hydrogen-bond acceptors (Lipinski definition) is 3. The molecule has 0 aliphatic rings. The third-order valence-electron chi connectivity index (χ3n) is 5.56. The summed E-state index contributed by atoms with van der Waals surface area (Å²) in [5, 5.41) is 9.88. The van der Waals surface area contributed by atoms with Crippen LogP contribution in [0.4, 0.5) is 5.69 Å². The molecule has 164 valence electrons. The fourth-order valence-electron chi connectivity index (χ4n) is 3.98. The summed E-state index contributed by atoms with van der Waals surface area (Å²) in [4.78, 5) is 11.4. The van der Waals surface area contributed by atoms with E-state index in [4.69, 9.17) is 10.1 Å². The van der Waals surface area contributed by atoms with Gasteiger partial charge in [0, 0.05) is 18.5 Å². The first kappa shape index (κ1) is 22.0. The number of rotatable bonds is 8. The summed E-state index contributed by atoms with van der Waals surface area (Å²) >= 11 is 0. The smallest absolute Gasteiger partial charge is 0.221 e. The van der Waals surface area contributed by atoms with Crippen LogP contribution < -0.4 is 5.32 Å². The van der Waals surface area contributed by atoms with Crippen LogP contribution in [0.3, 0.4) is 0 Å². The molecule has 0 aromatic heterocycles. The molecule has 4 rings (SSSR count). The van der Waals surface area contributed by atoms with Gasteiger partial charge >= 0.3 is 0 Å². The van der Waals surface area contributed by atoms with Crippen LogP contribution in [0.2, 0.25) is 0 Å². The van der Waals surface area contributed by atoms with Crippen molar-refractivity contribution in [3.63, 3.8) is 0 Å². The van der Waals surface area contributed by atoms with Crippen LogP contribution in [0, 0.1) is 5.41 Å². The van der Waals surface area contributed by atoms with E-state index >= 15 is 0 Å². The third kappa shape index (κ3) is 5.55. The van der Waals surface area contributed by atoms with Crippen LogP contribution >= 0.6 is 0 Å². The zero-order valence-corrected chi connectivity index (χ0v) is 18.5. The predicted molar refractivity (Wildman–Crippen MR) is 134 cm³/mol. The minimum absolute atomic E-state index is 0.0407. The second-order valence-corrected chi connectivity index (χ2v) is 7.89. The van der Waals surface area contributed by atoms with Crippen LogP contribution in [-0.4, -0.2) is 12.3 Å². The number of carbonyl (C=O) groups excluding carboxylic acids is 1. The standard InChI is InChI=1S/C29H26N2O2/c1-21(32)31-28-17-15-27(16-18-28)29(25-9-7-22(8-10-25)19-33-20-30)26-13-11-24(12-14-26)23-5-3-2-4-6-23/h2-18,20,29-30H,19H2,1H3,(H,31,32). The van der Waals surface area contributed by atoms with Crippen molar-refractivity contribution in [1.82, 2.24) is 0 Å². The van der Waals surface area contributed by atoms with Crippen LogP contribution in [-0.2, 0) is 16.1 Å². The molecule has 4 heteroatoms. The van der Waals surface area contributed by atoms with E-state index in [1.807, 2.05) is 42.5 Å². The fraction of sp³-hybridized carbons (Fsp3) is 0.103. The van der Waals surface area contributed by atoms with E-state index in [1.54, 1.807) is 0 Å². The van der Waals surface area contributed by atoms with Gasteiger partial charge in [-0.3, -0.25) is 10.2 Å². The Morgan fingerprint density at radius 1 is 0.788 bits per heavy atom. The highest BCUT2D eigenvalue weighted by molar-refractivity contribution is 5.88. The van der Waals surface area contributed by atoms with Gasteiger partial charge in [-0.25, -0.2) is 0 Å². The number of carbonyl (C=O) groups is 1. The number of benzene rings is 4. The summed E-state index contributed by atoms with van der Waals surface area (Å²) < 4.78 is 5.10. The quantitative estimate of drug-likeness (QED) is 0.186. The lowest BCUT2D eigenvalue weighted by atomic mass is 9.84. The number of amides is 1. The second kappa shape index (κ2) is 10.4. The number of ether oxygens (including phenoxy) is 1. The van der Waals surface area contributed by atoms with E-state index in [2.05, 4.69) is 66.0 Å². The van der Waals surface area contributed by atoms with Crippen molar-refractivity contribution in [3.8, 4) is 11.1 Å². The van der Waals surface area contributed by atoms with Crippen molar-refractivity contribution >= 4 is 18.0 Å². The van der Waals surface area contributed by atoms with Crippen molar-refractivity contribution in [2.45, 2.75) is 19.4 Å². The summed E-state index contributed by atoms with van der Waals surface area (Å²) in [7, 11) is 0. The van der Waals surface area contributed by atoms with Gasteiger partial charge in [0.05, 0.1) is 0 Å². The fourth-order valence-corrected chi connectivity index (χ4v) is 3.98. The Hall–Kier alpha value is -4.18.